The van der Waals surface area contributed by atoms with Crippen molar-refractivity contribution in [2.45, 2.75) is 57.5 Å². The third-order valence-electron chi connectivity index (χ3n) is 3.71. The van der Waals surface area contributed by atoms with Gasteiger partial charge in [0.2, 0.25) is 10.0 Å². The molecule has 0 bridgehead atoms. The number of rotatable bonds is 8. The van der Waals surface area contributed by atoms with Gasteiger partial charge < -0.3 is 5.32 Å². The molecule has 2 rings (SSSR count). The molecule has 0 aromatic carbocycles. The van der Waals surface area contributed by atoms with E-state index < -0.39 is 10.0 Å². The van der Waals surface area contributed by atoms with Gasteiger partial charge in [-0.1, -0.05) is 20.3 Å². The van der Waals surface area contributed by atoms with E-state index in [1.165, 1.54) is 24.2 Å². The van der Waals surface area contributed by atoms with Crippen LogP contribution in [0.5, 0.6) is 0 Å². The molecular weight excluding hydrogens is 292 g/mol. The standard InChI is InChI=1S/C14H24N2O2S2/c1-4-10(2)7-16-20(17,18)14-11(3)9-19-13(14)8-15-12-5-6-12/h9-10,12,15-16H,4-8H2,1-3H3. The van der Waals surface area contributed by atoms with Gasteiger partial charge in [0.25, 0.3) is 0 Å². The van der Waals surface area contributed by atoms with Crippen LogP contribution in [0.15, 0.2) is 10.3 Å². The molecule has 0 amide bonds. The van der Waals surface area contributed by atoms with E-state index in [0.717, 1.165) is 16.9 Å². The molecule has 1 unspecified atom stereocenters. The molecule has 1 aromatic rings. The Labute approximate surface area is 126 Å². The highest BCUT2D eigenvalue weighted by molar-refractivity contribution is 7.89. The summed E-state index contributed by atoms with van der Waals surface area (Å²) in [6, 6.07) is 0.584. The van der Waals surface area contributed by atoms with Crippen molar-refractivity contribution in [2.24, 2.45) is 5.92 Å². The average Bonchev–Trinajstić information content (AvgIpc) is 3.16. The second kappa shape index (κ2) is 6.56. The van der Waals surface area contributed by atoms with Crippen LogP contribution in [0.3, 0.4) is 0 Å². The van der Waals surface area contributed by atoms with Crippen LogP contribution >= 0.6 is 11.3 Å². The molecule has 6 heteroatoms. The second-order valence-corrected chi connectivity index (χ2v) is 8.36. The molecule has 1 fully saturated rings. The van der Waals surface area contributed by atoms with E-state index >= 15 is 0 Å². The van der Waals surface area contributed by atoms with Crippen molar-refractivity contribution >= 4 is 21.4 Å². The molecule has 1 saturated carbocycles. The fourth-order valence-corrected chi connectivity index (χ4v) is 4.89. The van der Waals surface area contributed by atoms with Crippen molar-refractivity contribution < 1.29 is 8.42 Å². The third-order valence-corrected chi connectivity index (χ3v) is 6.59. The molecule has 1 heterocycles. The molecule has 2 N–H and O–H groups in total. The van der Waals surface area contributed by atoms with Gasteiger partial charge in [-0.2, -0.15) is 0 Å². The smallest absolute Gasteiger partial charge is 0.241 e. The molecular formula is C14H24N2O2S2. The van der Waals surface area contributed by atoms with Gasteiger partial charge in [0.1, 0.15) is 4.90 Å². The van der Waals surface area contributed by atoms with E-state index in [0.29, 0.717) is 29.9 Å². The third kappa shape index (κ3) is 4.04. The van der Waals surface area contributed by atoms with Crippen molar-refractivity contribution in [1.82, 2.24) is 10.0 Å². The molecule has 0 radical (unpaired) electrons. The lowest BCUT2D eigenvalue weighted by Crippen LogP contribution is -2.29. The summed E-state index contributed by atoms with van der Waals surface area (Å²) in [6.07, 6.45) is 3.39. The first-order chi connectivity index (χ1) is 9.44. The summed E-state index contributed by atoms with van der Waals surface area (Å²) in [5, 5.41) is 5.33. The van der Waals surface area contributed by atoms with Gasteiger partial charge in [0.05, 0.1) is 0 Å². The number of hydrogen-bond donors (Lipinski definition) is 2. The summed E-state index contributed by atoms with van der Waals surface area (Å²) in [4.78, 5) is 1.41. The number of thiophene rings is 1. The molecule has 1 aliphatic rings. The average molecular weight is 316 g/mol. The maximum absolute atomic E-state index is 12.5. The van der Waals surface area contributed by atoms with Crippen LogP contribution in [0.2, 0.25) is 0 Å². The lowest BCUT2D eigenvalue weighted by atomic mass is 10.1. The van der Waals surface area contributed by atoms with E-state index in [1.54, 1.807) is 0 Å². The van der Waals surface area contributed by atoms with Crippen molar-refractivity contribution in [2.75, 3.05) is 6.54 Å². The van der Waals surface area contributed by atoms with E-state index in [4.69, 9.17) is 0 Å². The molecule has 20 heavy (non-hydrogen) atoms. The fourth-order valence-electron chi connectivity index (χ4n) is 1.96. The number of nitrogens with one attached hydrogen (secondary N) is 2. The van der Waals surface area contributed by atoms with Crippen LogP contribution < -0.4 is 10.0 Å². The fraction of sp³-hybridized carbons (Fsp3) is 0.714. The minimum atomic E-state index is -3.39. The van der Waals surface area contributed by atoms with Crippen LogP contribution in [0.4, 0.5) is 0 Å². The monoisotopic (exact) mass is 316 g/mol. The van der Waals surface area contributed by atoms with E-state index in [2.05, 4.69) is 23.9 Å². The van der Waals surface area contributed by atoms with Gasteiger partial charge in [0.15, 0.2) is 0 Å². The minimum Gasteiger partial charge on any atom is -0.309 e. The summed E-state index contributed by atoms with van der Waals surface area (Å²) >= 11 is 1.53. The second-order valence-electron chi connectivity index (χ2n) is 5.69. The largest absolute Gasteiger partial charge is 0.309 e. The highest BCUT2D eigenvalue weighted by Crippen LogP contribution is 2.28. The minimum absolute atomic E-state index is 0.358. The first-order valence-electron chi connectivity index (χ1n) is 7.24. The molecule has 1 aromatic heterocycles. The summed E-state index contributed by atoms with van der Waals surface area (Å²) in [6.45, 7) is 7.15. The van der Waals surface area contributed by atoms with Gasteiger partial charge in [-0.25, -0.2) is 13.1 Å². The molecule has 0 spiro atoms. The van der Waals surface area contributed by atoms with E-state index in [1.807, 2.05) is 12.3 Å². The maximum Gasteiger partial charge on any atom is 0.241 e. The van der Waals surface area contributed by atoms with Crippen LogP contribution in [0.1, 0.15) is 43.6 Å². The van der Waals surface area contributed by atoms with Gasteiger partial charge in [-0.3, -0.25) is 0 Å². The topological polar surface area (TPSA) is 58.2 Å². The zero-order valence-corrected chi connectivity index (χ0v) is 14.0. The van der Waals surface area contributed by atoms with Crippen molar-refractivity contribution in [1.29, 1.82) is 0 Å². The number of aryl methyl sites for hydroxylation is 1. The molecule has 1 aliphatic carbocycles. The van der Waals surface area contributed by atoms with E-state index in [9.17, 15) is 8.42 Å². The Kier molecular flexibility index (Phi) is 5.23. The van der Waals surface area contributed by atoms with Crippen molar-refractivity contribution in [3.8, 4) is 0 Å². The van der Waals surface area contributed by atoms with Crippen LogP contribution in [0, 0.1) is 12.8 Å². The zero-order valence-electron chi connectivity index (χ0n) is 12.4. The van der Waals surface area contributed by atoms with Gasteiger partial charge >= 0.3 is 0 Å². The Balaban J connectivity index is 2.10. The SMILES string of the molecule is CCC(C)CNS(=O)(=O)c1c(C)csc1CNC1CC1. The Morgan fingerprint density at radius 3 is 2.75 bits per heavy atom. The van der Waals surface area contributed by atoms with E-state index in [-0.39, 0.29) is 0 Å². The quantitative estimate of drug-likeness (QED) is 0.775. The predicted octanol–water partition coefficient (Wildman–Crippen LogP) is 2.63. The molecule has 4 nitrogen and oxygen atoms in total. The molecule has 0 saturated heterocycles. The molecule has 114 valence electrons. The first kappa shape index (κ1) is 15.9. The van der Waals surface area contributed by atoms with Gasteiger partial charge in [-0.15, -0.1) is 11.3 Å². The Morgan fingerprint density at radius 1 is 1.45 bits per heavy atom. The lowest BCUT2D eigenvalue weighted by Gasteiger charge is -2.12. The number of hydrogen-bond acceptors (Lipinski definition) is 4. The lowest BCUT2D eigenvalue weighted by molar-refractivity contribution is 0.527. The Bertz CT molecular complexity index is 548. The summed E-state index contributed by atoms with van der Waals surface area (Å²) in [5.41, 5.74) is 0.847. The zero-order chi connectivity index (χ0) is 14.8. The van der Waals surface area contributed by atoms with Gasteiger partial charge in [-0.05, 0) is 36.6 Å². The highest BCUT2D eigenvalue weighted by atomic mass is 32.2. The maximum atomic E-state index is 12.5. The van der Waals surface area contributed by atoms with Crippen LogP contribution in [-0.4, -0.2) is 21.0 Å². The first-order valence-corrected chi connectivity index (χ1v) is 9.60. The molecule has 0 aliphatic heterocycles. The molecule has 1 atom stereocenters. The summed E-state index contributed by atoms with van der Waals surface area (Å²) in [5.74, 6) is 0.358. The number of sulfonamides is 1. The van der Waals surface area contributed by atoms with Crippen molar-refractivity contribution in [3.63, 3.8) is 0 Å². The predicted molar refractivity (Wildman–Crippen MR) is 83.6 cm³/mol. The summed E-state index contributed by atoms with van der Waals surface area (Å²) < 4.78 is 27.7. The Morgan fingerprint density at radius 2 is 2.15 bits per heavy atom. The van der Waals surface area contributed by atoms with Crippen LogP contribution in [-0.2, 0) is 16.6 Å². The highest BCUT2D eigenvalue weighted by Gasteiger charge is 2.25. The van der Waals surface area contributed by atoms with Crippen molar-refractivity contribution in [3.05, 3.63) is 15.8 Å². The van der Waals surface area contributed by atoms with Crippen LogP contribution in [0.25, 0.3) is 0 Å². The summed E-state index contributed by atoms with van der Waals surface area (Å²) in [7, 11) is -3.39. The Hall–Kier alpha value is -0.430. The van der Waals surface area contributed by atoms with Gasteiger partial charge in [0, 0.05) is 24.0 Å². The normalized spacial score (nSPS) is 17.4.